The first-order chi connectivity index (χ1) is 10.1. The van der Waals surface area contributed by atoms with Crippen molar-refractivity contribution in [3.05, 3.63) is 28.3 Å². The minimum Gasteiger partial charge on any atom is -0.467 e. The van der Waals surface area contributed by atoms with E-state index < -0.39 is 0 Å². The van der Waals surface area contributed by atoms with Crippen molar-refractivity contribution in [1.29, 1.82) is 0 Å². The zero-order valence-electron chi connectivity index (χ0n) is 11.8. The number of fused-ring (bicyclic) bond motifs is 1. The number of hydrogen-bond acceptors (Lipinski definition) is 4. The molecule has 2 N–H and O–H groups in total. The van der Waals surface area contributed by atoms with Crippen molar-refractivity contribution in [1.82, 2.24) is 4.90 Å². The molecule has 1 atom stereocenters. The molecule has 2 heterocycles. The highest BCUT2D eigenvalue weighted by molar-refractivity contribution is 6.30. The quantitative estimate of drug-likeness (QED) is 0.928. The number of likely N-dealkylation sites (tertiary alicyclic amines) is 1. The van der Waals surface area contributed by atoms with Gasteiger partial charge in [-0.15, -0.1) is 0 Å². The molecule has 1 fully saturated rings. The fourth-order valence-corrected chi connectivity index (χ4v) is 3.36. The third-order valence-electron chi connectivity index (χ3n) is 4.07. The molecule has 21 heavy (non-hydrogen) atoms. The van der Waals surface area contributed by atoms with Crippen LogP contribution in [0.2, 0.25) is 5.02 Å². The standard InChI is InChI=1S/C15H19ClN2O3/c16-12-5-10(14-11(6-12)8-20-9-21-14)7-18-4-2-1-3-13(18)15(17)19/h5-6,13H,1-4,7-9H2,(H2,17,19). The molecule has 3 rings (SSSR count). The zero-order chi connectivity index (χ0) is 14.8. The van der Waals surface area contributed by atoms with Crippen LogP contribution < -0.4 is 10.5 Å². The summed E-state index contributed by atoms with van der Waals surface area (Å²) >= 11 is 6.18. The van der Waals surface area contributed by atoms with Gasteiger partial charge in [-0.05, 0) is 31.5 Å². The van der Waals surface area contributed by atoms with Crippen LogP contribution in [-0.2, 0) is 22.7 Å². The monoisotopic (exact) mass is 310 g/mol. The van der Waals surface area contributed by atoms with Gasteiger partial charge in [0.15, 0.2) is 6.79 Å². The number of carbonyl (C=O) groups is 1. The van der Waals surface area contributed by atoms with Crippen LogP contribution in [0.1, 0.15) is 30.4 Å². The maximum Gasteiger partial charge on any atom is 0.234 e. The Morgan fingerprint density at radius 1 is 1.43 bits per heavy atom. The molecule has 0 saturated carbocycles. The van der Waals surface area contributed by atoms with Gasteiger partial charge in [-0.25, -0.2) is 0 Å². The highest BCUT2D eigenvalue weighted by Crippen LogP contribution is 2.33. The molecule has 1 saturated heterocycles. The Kier molecular flexibility index (Phi) is 4.33. The summed E-state index contributed by atoms with van der Waals surface area (Å²) in [5.74, 6) is 0.578. The molecule has 1 unspecified atom stereocenters. The number of amides is 1. The van der Waals surface area contributed by atoms with Crippen molar-refractivity contribution >= 4 is 17.5 Å². The number of nitrogens with zero attached hydrogens (tertiary/aromatic N) is 1. The van der Waals surface area contributed by atoms with E-state index in [1.165, 1.54) is 0 Å². The summed E-state index contributed by atoms with van der Waals surface area (Å²) < 4.78 is 10.9. The predicted octanol–water partition coefficient (Wildman–Crippen LogP) is 2.05. The van der Waals surface area contributed by atoms with Crippen LogP contribution in [0.15, 0.2) is 12.1 Å². The van der Waals surface area contributed by atoms with Gasteiger partial charge in [-0.3, -0.25) is 9.69 Å². The highest BCUT2D eigenvalue weighted by atomic mass is 35.5. The first kappa shape index (κ1) is 14.6. The second kappa shape index (κ2) is 6.22. The van der Waals surface area contributed by atoms with Crippen molar-refractivity contribution in [2.45, 2.75) is 38.5 Å². The summed E-state index contributed by atoms with van der Waals surface area (Å²) in [5.41, 5.74) is 7.47. The number of carbonyl (C=O) groups excluding carboxylic acids is 1. The lowest BCUT2D eigenvalue weighted by molar-refractivity contribution is -0.124. The van der Waals surface area contributed by atoms with E-state index in [9.17, 15) is 4.79 Å². The topological polar surface area (TPSA) is 64.8 Å². The third kappa shape index (κ3) is 3.15. The smallest absolute Gasteiger partial charge is 0.234 e. The lowest BCUT2D eigenvalue weighted by atomic mass is 10.00. The van der Waals surface area contributed by atoms with Crippen LogP contribution in [-0.4, -0.2) is 30.2 Å². The normalized spacial score (nSPS) is 22.4. The molecule has 0 aromatic heterocycles. The van der Waals surface area contributed by atoms with E-state index in [4.69, 9.17) is 26.8 Å². The minimum atomic E-state index is -0.255. The molecule has 0 bridgehead atoms. The third-order valence-corrected chi connectivity index (χ3v) is 4.29. The number of benzene rings is 1. The fourth-order valence-electron chi connectivity index (χ4n) is 3.10. The van der Waals surface area contributed by atoms with Gasteiger partial charge in [0.1, 0.15) is 5.75 Å². The van der Waals surface area contributed by atoms with Crippen LogP contribution >= 0.6 is 11.6 Å². The Morgan fingerprint density at radius 3 is 3.10 bits per heavy atom. The van der Waals surface area contributed by atoms with Gasteiger partial charge in [0.05, 0.1) is 12.6 Å². The number of halogens is 1. The SMILES string of the molecule is NC(=O)C1CCCCN1Cc1cc(Cl)cc2c1OCOC2. The largest absolute Gasteiger partial charge is 0.467 e. The molecule has 1 aromatic rings. The molecule has 0 spiro atoms. The number of hydrogen-bond donors (Lipinski definition) is 1. The highest BCUT2D eigenvalue weighted by Gasteiger charge is 2.28. The van der Waals surface area contributed by atoms with Crippen LogP contribution in [0.25, 0.3) is 0 Å². The number of rotatable bonds is 3. The summed E-state index contributed by atoms with van der Waals surface area (Å²) in [5, 5.41) is 0.658. The number of piperidine rings is 1. The van der Waals surface area contributed by atoms with Gasteiger partial charge < -0.3 is 15.2 Å². The maximum absolute atomic E-state index is 11.6. The molecule has 1 amide bonds. The Labute approximate surface area is 128 Å². The molecule has 114 valence electrons. The van der Waals surface area contributed by atoms with Gasteiger partial charge in [0.2, 0.25) is 5.91 Å². The number of primary amides is 1. The van der Waals surface area contributed by atoms with Crippen molar-refractivity contribution in [3.63, 3.8) is 0 Å². The lowest BCUT2D eigenvalue weighted by Crippen LogP contribution is -2.47. The number of nitrogens with two attached hydrogens (primary N) is 1. The summed E-state index contributed by atoms with van der Waals surface area (Å²) in [7, 11) is 0. The van der Waals surface area contributed by atoms with Crippen LogP contribution in [0.3, 0.4) is 0 Å². The molecule has 1 aromatic carbocycles. The van der Waals surface area contributed by atoms with E-state index in [0.29, 0.717) is 18.2 Å². The predicted molar refractivity (Wildman–Crippen MR) is 79.0 cm³/mol. The molecule has 5 nitrogen and oxygen atoms in total. The van der Waals surface area contributed by atoms with Gasteiger partial charge in [-0.1, -0.05) is 18.0 Å². The van der Waals surface area contributed by atoms with E-state index in [0.717, 1.165) is 42.7 Å². The first-order valence-electron chi connectivity index (χ1n) is 7.20. The van der Waals surface area contributed by atoms with E-state index >= 15 is 0 Å². The van der Waals surface area contributed by atoms with Crippen molar-refractivity contribution < 1.29 is 14.3 Å². The summed E-state index contributed by atoms with van der Waals surface area (Å²) in [4.78, 5) is 13.7. The summed E-state index contributed by atoms with van der Waals surface area (Å²) in [6, 6.07) is 3.56. The average Bonchev–Trinajstić information content (AvgIpc) is 2.47. The van der Waals surface area contributed by atoms with Crippen molar-refractivity contribution in [2.24, 2.45) is 5.73 Å². The molecular formula is C15H19ClN2O3. The lowest BCUT2D eigenvalue weighted by Gasteiger charge is -2.34. The van der Waals surface area contributed by atoms with Crippen molar-refractivity contribution in [3.8, 4) is 5.75 Å². The van der Waals surface area contributed by atoms with E-state index in [-0.39, 0.29) is 18.7 Å². The van der Waals surface area contributed by atoms with E-state index in [1.807, 2.05) is 12.1 Å². The first-order valence-corrected chi connectivity index (χ1v) is 7.58. The minimum absolute atomic E-state index is 0.201. The van der Waals surface area contributed by atoms with Crippen LogP contribution in [0.4, 0.5) is 0 Å². The van der Waals surface area contributed by atoms with Crippen molar-refractivity contribution in [2.75, 3.05) is 13.3 Å². The van der Waals surface area contributed by atoms with Gasteiger partial charge >= 0.3 is 0 Å². The Balaban J connectivity index is 1.86. The molecule has 2 aliphatic heterocycles. The second-order valence-corrected chi connectivity index (χ2v) is 5.98. The molecule has 6 heteroatoms. The molecule has 0 radical (unpaired) electrons. The van der Waals surface area contributed by atoms with Gasteiger partial charge in [0, 0.05) is 22.7 Å². The van der Waals surface area contributed by atoms with E-state index in [1.54, 1.807) is 0 Å². The number of ether oxygens (including phenoxy) is 2. The Morgan fingerprint density at radius 2 is 2.29 bits per heavy atom. The Bertz CT molecular complexity index is 550. The second-order valence-electron chi connectivity index (χ2n) is 5.55. The molecular weight excluding hydrogens is 292 g/mol. The van der Waals surface area contributed by atoms with Crippen LogP contribution in [0.5, 0.6) is 5.75 Å². The van der Waals surface area contributed by atoms with Crippen LogP contribution in [0, 0.1) is 0 Å². The van der Waals surface area contributed by atoms with E-state index in [2.05, 4.69) is 4.90 Å². The zero-order valence-corrected chi connectivity index (χ0v) is 12.6. The summed E-state index contributed by atoms with van der Waals surface area (Å²) in [6.45, 7) is 2.24. The summed E-state index contributed by atoms with van der Waals surface area (Å²) in [6.07, 6.45) is 2.95. The average molecular weight is 311 g/mol. The molecule has 2 aliphatic rings. The Hall–Kier alpha value is -1.30. The van der Waals surface area contributed by atoms with Gasteiger partial charge in [-0.2, -0.15) is 0 Å². The van der Waals surface area contributed by atoms with Gasteiger partial charge in [0.25, 0.3) is 0 Å². The fraction of sp³-hybridized carbons (Fsp3) is 0.533. The maximum atomic E-state index is 11.6. The molecule has 0 aliphatic carbocycles.